The van der Waals surface area contributed by atoms with Gasteiger partial charge < -0.3 is 10.8 Å². The van der Waals surface area contributed by atoms with Crippen LogP contribution in [0.5, 0.6) is 0 Å². The lowest BCUT2D eigenvalue weighted by molar-refractivity contribution is -0.139. The summed E-state index contributed by atoms with van der Waals surface area (Å²) in [5.74, 6) is 0.238. The molecular weight excluding hydrogens is 202 g/mol. The normalized spacial score (nSPS) is 25.4. The van der Waals surface area contributed by atoms with Crippen molar-refractivity contribution in [3.63, 3.8) is 0 Å². The van der Waals surface area contributed by atoms with E-state index < -0.39 is 12.0 Å². The highest BCUT2D eigenvalue weighted by Crippen LogP contribution is 2.38. The second-order valence-corrected chi connectivity index (χ2v) is 4.96. The van der Waals surface area contributed by atoms with Crippen LogP contribution in [-0.4, -0.2) is 17.1 Å². The predicted octanol–water partition coefficient (Wildman–Crippen LogP) is 2.56. The Hall–Kier alpha value is -0.830. The van der Waals surface area contributed by atoms with Crippen LogP contribution in [0.4, 0.5) is 0 Å². The summed E-state index contributed by atoms with van der Waals surface area (Å²) >= 11 is 0. The predicted molar refractivity (Wildman–Crippen MR) is 65.1 cm³/mol. The molecule has 1 saturated carbocycles. The zero-order valence-corrected chi connectivity index (χ0v) is 10.3. The van der Waals surface area contributed by atoms with E-state index in [1.807, 2.05) is 13.8 Å². The highest BCUT2D eigenvalue weighted by molar-refractivity contribution is 5.73. The van der Waals surface area contributed by atoms with Gasteiger partial charge in [0, 0.05) is 0 Å². The lowest BCUT2D eigenvalue weighted by Crippen LogP contribution is -2.36. The molecule has 0 aromatic rings. The Morgan fingerprint density at radius 3 is 2.50 bits per heavy atom. The molecule has 1 fully saturated rings. The van der Waals surface area contributed by atoms with Gasteiger partial charge >= 0.3 is 5.97 Å². The minimum Gasteiger partial charge on any atom is -0.480 e. The smallest absolute Gasteiger partial charge is 0.320 e. The van der Waals surface area contributed by atoms with Crippen LogP contribution in [0.1, 0.15) is 46.0 Å². The first-order chi connectivity index (χ1) is 7.54. The summed E-state index contributed by atoms with van der Waals surface area (Å²) in [4.78, 5) is 10.2. The number of hydrogen-bond acceptors (Lipinski definition) is 2. The maximum absolute atomic E-state index is 10.2. The number of carboxylic acid groups (broad SMARTS) is 1. The molecule has 2 rings (SSSR count). The fourth-order valence-corrected chi connectivity index (χ4v) is 2.18. The Morgan fingerprint density at radius 1 is 1.69 bits per heavy atom. The molecular formula is C13H23NO2. The number of nitrogens with two attached hydrogens (primary N) is 1. The van der Waals surface area contributed by atoms with Gasteiger partial charge in [0.1, 0.15) is 6.04 Å². The van der Waals surface area contributed by atoms with Gasteiger partial charge in [-0.05, 0) is 37.5 Å². The summed E-state index contributed by atoms with van der Waals surface area (Å²) < 4.78 is 0. The van der Waals surface area contributed by atoms with E-state index in [0.717, 1.165) is 12.3 Å². The van der Waals surface area contributed by atoms with Gasteiger partial charge in [0.25, 0.3) is 0 Å². The standard InChI is InChI=1S/C7H10.C6H13NO2/c1-2-7-4-3-6(1)5-7;1-3-4(2)5(7)6(8)9/h1,7H,2-5H2;4-5H,3,7H2,1-2H3,(H,8,9). The number of rotatable bonds is 3. The lowest BCUT2D eigenvalue weighted by atomic mass is 10.0. The van der Waals surface area contributed by atoms with E-state index in [-0.39, 0.29) is 5.92 Å². The molecule has 3 unspecified atom stereocenters. The monoisotopic (exact) mass is 225 g/mol. The topological polar surface area (TPSA) is 63.3 Å². The molecule has 3 nitrogen and oxygen atoms in total. The van der Waals surface area contributed by atoms with Crippen molar-refractivity contribution >= 4 is 5.97 Å². The van der Waals surface area contributed by atoms with Gasteiger partial charge in [-0.2, -0.15) is 0 Å². The first-order valence-electron chi connectivity index (χ1n) is 6.20. The first kappa shape index (κ1) is 13.2. The van der Waals surface area contributed by atoms with Crippen molar-refractivity contribution in [3.8, 4) is 0 Å². The molecule has 3 N–H and O–H groups in total. The molecule has 0 amide bonds. The van der Waals surface area contributed by atoms with Crippen molar-refractivity contribution in [1.29, 1.82) is 0 Å². The highest BCUT2D eigenvalue weighted by atomic mass is 16.4. The molecule has 3 heteroatoms. The van der Waals surface area contributed by atoms with E-state index >= 15 is 0 Å². The van der Waals surface area contributed by atoms with Crippen LogP contribution in [0.3, 0.4) is 0 Å². The number of aliphatic carboxylic acids is 1. The third kappa shape index (κ3) is 3.63. The minimum atomic E-state index is -0.913. The fourth-order valence-electron chi connectivity index (χ4n) is 2.18. The Morgan fingerprint density at radius 2 is 2.38 bits per heavy atom. The summed E-state index contributed by atoms with van der Waals surface area (Å²) in [6.07, 6.45) is 8.99. The lowest BCUT2D eigenvalue weighted by Gasteiger charge is -2.11. The second kappa shape index (κ2) is 6.04. The number of allylic oxidation sites excluding steroid dienone is 2. The number of carbonyl (C=O) groups is 1. The summed E-state index contributed by atoms with van der Waals surface area (Å²) in [6, 6.07) is -0.699. The van der Waals surface area contributed by atoms with Gasteiger partial charge in [0.05, 0.1) is 0 Å². The van der Waals surface area contributed by atoms with E-state index in [1.165, 1.54) is 25.7 Å². The number of carboxylic acids is 1. The third-order valence-electron chi connectivity index (χ3n) is 3.71. The summed E-state index contributed by atoms with van der Waals surface area (Å²) in [5.41, 5.74) is 7.01. The van der Waals surface area contributed by atoms with Crippen molar-refractivity contribution < 1.29 is 9.90 Å². The average Bonchev–Trinajstić information content (AvgIpc) is 2.91. The Kier molecular flexibility index (Phi) is 5.00. The first-order valence-corrected chi connectivity index (χ1v) is 6.20. The van der Waals surface area contributed by atoms with E-state index in [2.05, 4.69) is 6.08 Å². The zero-order chi connectivity index (χ0) is 12.1. The van der Waals surface area contributed by atoms with Gasteiger partial charge in [0.15, 0.2) is 0 Å². The molecule has 0 aromatic heterocycles. The highest BCUT2D eigenvalue weighted by Gasteiger charge is 2.23. The molecule has 0 heterocycles. The minimum absolute atomic E-state index is 0.0718. The Bertz CT molecular complexity index is 273. The van der Waals surface area contributed by atoms with Gasteiger partial charge in [-0.1, -0.05) is 31.9 Å². The SMILES string of the molecule is C1=C2CCC(C1)C2.CCC(C)C(N)C(=O)O. The molecule has 92 valence electrons. The van der Waals surface area contributed by atoms with Crippen LogP contribution >= 0.6 is 0 Å². The largest absolute Gasteiger partial charge is 0.480 e. The molecule has 2 aliphatic rings. The van der Waals surface area contributed by atoms with Crippen LogP contribution < -0.4 is 5.73 Å². The van der Waals surface area contributed by atoms with Crippen molar-refractivity contribution in [2.75, 3.05) is 0 Å². The molecule has 0 spiro atoms. The molecule has 0 aromatic carbocycles. The Balaban J connectivity index is 0.000000163. The molecule has 2 aliphatic carbocycles. The summed E-state index contributed by atoms with van der Waals surface area (Å²) in [6.45, 7) is 3.76. The van der Waals surface area contributed by atoms with Crippen molar-refractivity contribution in [1.82, 2.24) is 0 Å². The molecule has 16 heavy (non-hydrogen) atoms. The maximum atomic E-state index is 10.2. The molecule has 3 atom stereocenters. The van der Waals surface area contributed by atoms with Gasteiger partial charge in [0.2, 0.25) is 0 Å². The van der Waals surface area contributed by atoms with Crippen molar-refractivity contribution in [2.24, 2.45) is 17.6 Å². The van der Waals surface area contributed by atoms with Crippen LogP contribution in [0, 0.1) is 11.8 Å². The van der Waals surface area contributed by atoms with E-state index in [1.54, 1.807) is 5.57 Å². The van der Waals surface area contributed by atoms with E-state index in [0.29, 0.717) is 0 Å². The molecule has 2 bridgehead atoms. The molecule has 0 saturated heterocycles. The van der Waals surface area contributed by atoms with Crippen LogP contribution in [0.15, 0.2) is 11.6 Å². The summed E-state index contributed by atoms with van der Waals surface area (Å²) in [5, 5.41) is 8.36. The molecule has 0 aliphatic heterocycles. The van der Waals surface area contributed by atoms with E-state index in [4.69, 9.17) is 10.8 Å². The van der Waals surface area contributed by atoms with Crippen LogP contribution in [-0.2, 0) is 4.79 Å². The molecule has 0 radical (unpaired) electrons. The average molecular weight is 225 g/mol. The quantitative estimate of drug-likeness (QED) is 0.725. The third-order valence-corrected chi connectivity index (χ3v) is 3.71. The maximum Gasteiger partial charge on any atom is 0.320 e. The summed E-state index contributed by atoms with van der Waals surface area (Å²) in [7, 11) is 0. The van der Waals surface area contributed by atoms with E-state index in [9.17, 15) is 4.79 Å². The van der Waals surface area contributed by atoms with Crippen LogP contribution in [0.2, 0.25) is 0 Å². The zero-order valence-electron chi connectivity index (χ0n) is 10.3. The second-order valence-electron chi connectivity index (χ2n) is 4.96. The fraction of sp³-hybridized carbons (Fsp3) is 0.769. The number of hydrogen-bond donors (Lipinski definition) is 2. The number of fused-ring (bicyclic) bond motifs is 2. The van der Waals surface area contributed by atoms with Gasteiger partial charge in [-0.25, -0.2) is 0 Å². The van der Waals surface area contributed by atoms with Gasteiger partial charge in [-0.15, -0.1) is 0 Å². The van der Waals surface area contributed by atoms with Crippen molar-refractivity contribution in [2.45, 2.75) is 52.0 Å². The van der Waals surface area contributed by atoms with Crippen molar-refractivity contribution in [3.05, 3.63) is 11.6 Å². The van der Waals surface area contributed by atoms with Gasteiger partial charge in [-0.3, -0.25) is 4.79 Å². The van der Waals surface area contributed by atoms with Crippen LogP contribution in [0.25, 0.3) is 0 Å². The Labute approximate surface area is 97.7 Å².